The molecule has 1 atom stereocenters. The van der Waals surface area contributed by atoms with Gasteiger partial charge in [0.15, 0.2) is 5.65 Å². The lowest BCUT2D eigenvalue weighted by Crippen LogP contribution is -2.42. The number of halogens is 1. The minimum Gasteiger partial charge on any atom is -0.389 e. The second kappa shape index (κ2) is 8.56. The number of rotatable bonds is 8. The number of amides is 1. The lowest BCUT2D eigenvalue weighted by molar-refractivity contribution is -0.00178. The third-order valence-electron chi connectivity index (χ3n) is 4.61. The van der Waals surface area contributed by atoms with Gasteiger partial charge in [-0.25, -0.2) is 13.9 Å². The summed E-state index contributed by atoms with van der Waals surface area (Å²) in [7, 11) is 0. The molecule has 3 rings (SSSR count). The molecule has 166 valence electrons. The van der Waals surface area contributed by atoms with Crippen LogP contribution in [0.3, 0.4) is 0 Å². The van der Waals surface area contributed by atoms with Crippen LogP contribution in [0.5, 0.6) is 0 Å². The molecule has 0 bridgehead atoms. The summed E-state index contributed by atoms with van der Waals surface area (Å²) in [4.78, 5) is 21.4. The monoisotopic (exact) mass is 430 g/mol. The van der Waals surface area contributed by atoms with Crippen LogP contribution in [0.4, 0.5) is 10.1 Å². The first-order valence-corrected chi connectivity index (χ1v) is 9.86. The summed E-state index contributed by atoms with van der Waals surface area (Å²) in [5, 5.41) is 29.6. The average molecular weight is 430 g/mol. The van der Waals surface area contributed by atoms with Gasteiger partial charge in [0.05, 0.1) is 40.9 Å². The molecule has 0 saturated carbocycles. The van der Waals surface area contributed by atoms with Crippen molar-refractivity contribution < 1.29 is 19.4 Å². The van der Waals surface area contributed by atoms with Crippen molar-refractivity contribution in [3.8, 4) is 11.4 Å². The fourth-order valence-electron chi connectivity index (χ4n) is 2.77. The number of fused-ring (bicyclic) bond motifs is 1. The number of nitrogens with zero attached hydrogens (tertiary/aromatic N) is 4. The van der Waals surface area contributed by atoms with Crippen LogP contribution in [0, 0.1) is 0 Å². The molecule has 0 aromatic carbocycles. The number of carbonyl (C=O) groups excluding carboxylic acids is 1. The topological polar surface area (TPSA) is 125 Å². The Morgan fingerprint density at radius 1 is 1.23 bits per heavy atom. The SMILES string of the molecule is CC(C)(O)CNc1cc(-c2cnc3cccnn23)ncc1C(=O)NC[C@@H](F)C(C)(C)O. The number of aliphatic hydroxyl groups is 2. The number of hydrogen-bond donors (Lipinski definition) is 4. The van der Waals surface area contributed by atoms with E-state index in [1.165, 1.54) is 20.0 Å². The Morgan fingerprint density at radius 3 is 2.65 bits per heavy atom. The van der Waals surface area contributed by atoms with Gasteiger partial charge in [0.2, 0.25) is 0 Å². The van der Waals surface area contributed by atoms with Crippen molar-refractivity contribution in [3.05, 3.63) is 42.4 Å². The third-order valence-corrected chi connectivity index (χ3v) is 4.61. The van der Waals surface area contributed by atoms with E-state index in [1.54, 1.807) is 42.9 Å². The van der Waals surface area contributed by atoms with Gasteiger partial charge in [0.1, 0.15) is 11.9 Å². The predicted molar refractivity (Wildman–Crippen MR) is 115 cm³/mol. The second-order valence-electron chi connectivity index (χ2n) is 8.55. The van der Waals surface area contributed by atoms with Crippen LogP contribution >= 0.6 is 0 Å². The molecule has 3 aromatic heterocycles. The number of pyridine rings is 1. The van der Waals surface area contributed by atoms with Crippen molar-refractivity contribution in [1.29, 1.82) is 0 Å². The van der Waals surface area contributed by atoms with E-state index >= 15 is 0 Å². The summed E-state index contributed by atoms with van der Waals surface area (Å²) in [5.74, 6) is -0.555. The van der Waals surface area contributed by atoms with Crippen molar-refractivity contribution >= 4 is 17.2 Å². The Labute approximate surface area is 179 Å². The van der Waals surface area contributed by atoms with E-state index in [1.807, 2.05) is 6.07 Å². The van der Waals surface area contributed by atoms with Crippen LogP contribution in [0.15, 0.2) is 36.8 Å². The van der Waals surface area contributed by atoms with Crippen molar-refractivity contribution in [2.75, 3.05) is 18.4 Å². The zero-order chi connectivity index (χ0) is 22.8. The molecular formula is C21H27FN6O3. The maximum absolute atomic E-state index is 14.0. The first-order valence-electron chi connectivity index (χ1n) is 9.86. The lowest BCUT2D eigenvalue weighted by Gasteiger charge is -2.23. The molecule has 0 spiro atoms. The highest BCUT2D eigenvalue weighted by Gasteiger charge is 2.27. The van der Waals surface area contributed by atoms with Gasteiger partial charge < -0.3 is 20.8 Å². The van der Waals surface area contributed by atoms with E-state index in [-0.39, 0.29) is 18.7 Å². The van der Waals surface area contributed by atoms with Crippen LogP contribution in [0.1, 0.15) is 38.1 Å². The number of aromatic nitrogens is 4. The summed E-state index contributed by atoms with van der Waals surface area (Å²) >= 11 is 0. The molecule has 9 nitrogen and oxygen atoms in total. The maximum Gasteiger partial charge on any atom is 0.255 e. The van der Waals surface area contributed by atoms with Gasteiger partial charge in [-0.15, -0.1) is 0 Å². The van der Waals surface area contributed by atoms with Crippen molar-refractivity contribution in [2.24, 2.45) is 0 Å². The van der Waals surface area contributed by atoms with Crippen LogP contribution in [0.25, 0.3) is 17.0 Å². The van der Waals surface area contributed by atoms with Crippen molar-refractivity contribution in [2.45, 2.75) is 45.1 Å². The van der Waals surface area contributed by atoms with Gasteiger partial charge in [-0.1, -0.05) is 0 Å². The van der Waals surface area contributed by atoms with Crippen LogP contribution in [-0.4, -0.2) is 66.2 Å². The van der Waals surface area contributed by atoms with Crippen LogP contribution in [0.2, 0.25) is 0 Å². The highest BCUT2D eigenvalue weighted by atomic mass is 19.1. The predicted octanol–water partition coefficient (Wildman–Crippen LogP) is 1.81. The van der Waals surface area contributed by atoms with Crippen molar-refractivity contribution in [1.82, 2.24) is 24.9 Å². The zero-order valence-electron chi connectivity index (χ0n) is 17.9. The van der Waals surface area contributed by atoms with Gasteiger partial charge >= 0.3 is 0 Å². The van der Waals surface area contributed by atoms with E-state index in [0.29, 0.717) is 22.7 Å². The highest BCUT2D eigenvalue weighted by molar-refractivity contribution is 5.99. The minimum atomic E-state index is -1.64. The maximum atomic E-state index is 14.0. The Balaban J connectivity index is 1.92. The Kier molecular flexibility index (Phi) is 6.23. The molecule has 0 aliphatic heterocycles. The molecule has 0 saturated heterocycles. The molecule has 31 heavy (non-hydrogen) atoms. The summed E-state index contributed by atoms with van der Waals surface area (Å²) in [6.07, 6.45) is 2.99. The largest absolute Gasteiger partial charge is 0.389 e. The molecule has 3 heterocycles. The van der Waals surface area contributed by atoms with E-state index in [0.717, 1.165) is 0 Å². The molecule has 3 aromatic rings. The highest BCUT2D eigenvalue weighted by Crippen LogP contribution is 2.24. The van der Waals surface area contributed by atoms with Gasteiger partial charge in [0, 0.05) is 18.9 Å². The van der Waals surface area contributed by atoms with Gasteiger partial charge in [0.25, 0.3) is 5.91 Å². The fourth-order valence-corrected chi connectivity index (χ4v) is 2.77. The summed E-state index contributed by atoms with van der Waals surface area (Å²) in [6.45, 7) is 5.74. The molecule has 0 aliphatic carbocycles. The Hall–Kier alpha value is -3.11. The second-order valence-corrected chi connectivity index (χ2v) is 8.55. The first-order chi connectivity index (χ1) is 14.5. The third kappa shape index (κ3) is 5.53. The standard InChI is InChI=1S/C21H27FN6O3/c1-20(2,30)12-26-14-8-15(16-10-24-18-6-5-7-27-28(16)18)23-9-13(14)19(29)25-11-17(22)21(3,4)31/h5-10,17,30-31H,11-12H2,1-4H3,(H,23,26)(H,25,29)/t17-/m1/s1. The van der Waals surface area contributed by atoms with E-state index in [9.17, 15) is 19.4 Å². The van der Waals surface area contributed by atoms with E-state index in [4.69, 9.17) is 0 Å². The molecule has 0 radical (unpaired) electrons. The number of nitrogens with one attached hydrogen (secondary N) is 2. The molecule has 10 heteroatoms. The Morgan fingerprint density at radius 2 is 1.97 bits per heavy atom. The number of hydrogen-bond acceptors (Lipinski definition) is 7. The van der Waals surface area contributed by atoms with E-state index in [2.05, 4.69) is 25.7 Å². The number of carbonyl (C=O) groups is 1. The Bertz CT molecular complexity index is 1070. The smallest absolute Gasteiger partial charge is 0.255 e. The van der Waals surface area contributed by atoms with Crippen LogP contribution in [-0.2, 0) is 0 Å². The molecule has 4 N–H and O–H groups in total. The quantitative estimate of drug-likeness (QED) is 0.430. The van der Waals surface area contributed by atoms with Gasteiger partial charge in [-0.2, -0.15) is 5.10 Å². The minimum absolute atomic E-state index is 0.164. The molecule has 1 amide bonds. The molecule has 0 unspecified atom stereocenters. The van der Waals surface area contributed by atoms with E-state index < -0.39 is 23.3 Å². The molecule has 0 fully saturated rings. The molecular weight excluding hydrogens is 403 g/mol. The summed E-state index contributed by atoms with van der Waals surface area (Å²) in [5.41, 5.74) is -0.235. The average Bonchev–Trinajstić information content (AvgIpc) is 3.13. The summed E-state index contributed by atoms with van der Waals surface area (Å²) in [6, 6.07) is 5.23. The van der Waals surface area contributed by atoms with Gasteiger partial charge in [-0.3, -0.25) is 9.78 Å². The zero-order valence-corrected chi connectivity index (χ0v) is 17.9. The first kappa shape index (κ1) is 22.6. The van der Waals surface area contributed by atoms with Crippen LogP contribution < -0.4 is 10.6 Å². The lowest BCUT2D eigenvalue weighted by atomic mass is 10.0. The molecule has 0 aliphatic rings. The normalized spacial score (nSPS) is 13.3. The number of alkyl halides is 1. The number of imidazole rings is 1. The number of anilines is 1. The van der Waals surface area contributed by atoms with Crippen molar-refractivity contribution in [3.63, 3.8) is 0 Å². The summed E-state index contributed by atoms with van der Waals surface area (Å²) < 4.78 is 15.7. The van der Waals surface area contributed by atoms with Gasteiger partial charge in [-0.05, 0) is 45.9 Å². The fraction of sp³-hybridized carbons (Fsp3) is 0.429.